The monoisotopic (exact) mass is 395 g/mol. The van der Waals surface area contributed by atoms with E-state index in [0.717, 1.165) is 11.1 Å². The number of esters is 1. The molecule has 0 radical (unpaired) electrons. The molecule has 3 aromatic carbocycles. The normalized spacial score (nSPS) is 11.4. The summed E-state index contributed by atoms with van der Waals surface area (Å²) >= 11 is 0. The third kappa shape index (κ3) is 4.65. The van der Waals surface area contributed by atoms with E-state index in [1.54, 1.807) is 0 Å². The van der Waals surface area contributed by atoms with Crippen molar-refractivity contribution in [2.75, 3.05) is 13.7 Å². The summed E-state index contributed by atoms with van der Waals surface area (Å²) < 4.78 is 32.9. The molecule has 3 rings (SSSR count). The molecule has 0 fully saturated rings. The molecule has 144 valence electrons. The average molecular weight is 395 g/mol. The van der Waals surface area contributed by atoms with Crippen LogP contribution in [0, 0.1) is 0 Å². The second-order valence-corrected chi connectivity index (χ2v) is 8.01. The number of carbonyl (C=O) groups excluding carboxylic acids is 1. The molecule has 0 amide bonds. The Hall–Kier alpha value is -2.96. The summed E-state index contributed by atoms with van der Waals surface area (Å²) in [5.41, 5.74) is 2.22. The van der Waals surface area contributed by atoms with Crippen LogP contribution >= 0.6 is 0 Å². The Balaban J connectivity index is 1.86. The van der Waals surface area contributed by atoms with Crippen LogP contribution < -0.4 is 4.72 Å². The van der Waals surface area contributed by atoms with E-state index in [1.165, 1.54) is 31.4 Å². The fourth-order valence-electron chi connectivity index (χ4n) is 2.98. The highest BCUT2D eigenvalue weighted by atomic mass is 32.2. The fraction of sp³-hybridized carbons (Fsp3) is 0.136. The van der Waals surface area contributed by atoms with Gasteiger partial charge >= 0.3 is 5.97 Å². The minimum atomic E-state index is -3.79. The van der Waals surface area contributed by atoms with E-state index < -0.39 is 16.0 Å². The third-order valence-corrected chi connectivity index (χ3v) is 5.87. The quantitative estimate of drug-likeness (QED) is 0.621. The third-order valence-electron chi connectivity index (χ3n) is 4.45. The van der Waals surface area contributed by atoms with Gasteiger partial charge in [-0.05, 0) is 29.3 Å². The van der Waals surface area contributed by atoms with Crippen molar-refractivity contribution in [3.63, 3.8) is 0 Å². The molecule has 5 nitrogen and oxygen atoms in total. The van der Waals surface area contributed by atoms with Gasteiger partial charge in [0.1, 0.15) is 0 Å². The molecule has 3 aromatic rings. The van der Waals surface area contributed by atoms with Crippen LogP contribution in [0.5, 0.6) is 0 Å². The van der Waals surface area contributed by atoms with Crippen LogP contribution in [0.4, 0.5) is 0 Å². The van der Waals surface area contributed by atoms with Crippen LogP contribution in [-0.2, 0) is 14.8 Å². The van der Waals surface area contributed by atoms with Gasteiger partial charge in [0.2, 0.25) is 10.0 Å². The first-order valence-corrected chi connectivity index (χ1v) is 10.3. The molecule has 6 heteroatoms. The number of hydrogen-bond acceptors (Lipinski definition) is 4. The highest BCUT2D eigenvalue weighted by molar-refractivity contribution is 7.89. The first-order valence-electron chi connectivity index (χ1n) is 8.79. The van der Waals surface area contributed by atoms with E-state index in [1.807, 2.05) is 60.7 Å². The minimum Gasteiger partial charge on any atom is -0.465 e. The van der Waals surface area contributed by atoms with Gasteiger partial charge in [-0.2, -0.15) is 0 Å². The molecule has 0 atom stereocenters. The largest absolute Gasteiger partial charge is 0.465 e. The second-order valence-electron chi connectivity index (χ2n) is 6.25. The standard InChI is InChI=1S/C22H21NO4S/c1-27-22(24)19-13-8-14-20(15-19)28(25,26)23-16-21(17-9-4-2-5-10-17)18-11-6-3-7-12-18/h2-15,21,23H,16H2,1H3. The van der Waals surface area contributed by atoms with E-state index in [-0.39, 0.29) is 22.9 Å². The lowest BCUT2D eigenvalue weighted by Crippen LogP contribution is -2.29. The van der Waals surface area contributed by atoms with Crippen LogP contribution in [0.2, 0.25) is 0 Å². The zero-order chi connectivity index (χ0) is 20.0. The van der Waals surface area contributed by atoms with Crippen molar-refractivity contribution in [2.45, 2.75) is 10.8 Å². The SMILES string of the molecule is COC(=O)c1cccc(S(=O)(=O)NCC(c2ccccc2)c2ccccc2)c1. The molecule has 0 aliphatic heterocycles. The minimum absolute atomic E-state index is 0.0234. The van der Waals surface area contributed by atoms with E-state index >= 15 is 0 Å². The van der Waals surface area contributed by atoms with Crippen molar-refractivity contribution >= 4 is 16.0 Å². The van der Waals surface area contributed by atoms with Gasteiger partial charge in [0.05, 0.1) is 17.6 Å². The molecule has 0 aliphatic carbocycles. The summed E-state index contributed by atoms with van der Waals surface area (Å²) in [6.45, 7) is 0.193. The summed E-state index contributed by atoms with van der Waals surface area (Å²) in [6, 6.07) is 25.3. The number of nitrogens with one attached hydrogen (secondary N) is 1. The van der Waals surface area contributed by atoms with Crippen LogP contribution in [0.15, 0.2) is 89.8 Å². The predicted molar refractivity (Wildman–Crippen MR) is 108 cm³/mol. The van der Waals surface area contributed by atoms with Crippen LogP contribution in [-0.4, -0.2) is 28.0 Å². The molecule has 0 bridgehead atoms. The van der Waals surface area contributed by atoms with Crippen LogP contribution in [0.3, 0.4) is 0 Å². The first kappa shape index (κ1) is 19.8. The lowest BCUT2D eigenvalue weighted by molar-refractivity contribution is 0.0600. The van der Waals surface area contributed by atoms with Gasteiger partial charge in [-0.25, -0.2) is 17.9 Å². The number of sulfonamides is 1. The number of hydrogen-bond donors (Lipinski definition) is 1. The highest BCUT2D eigenvalue weighted by Crippen LogP contribution is 2.24. The molecular formula is C22H21NO4S. The maximum atomic E-state index is 12.8. The van der Waals surface area contributed by atoms with Crippen LogP contribution in [0.1, 0.15) is 27.4 Å². The van der Waals surface area contributed by atoms with Gasteiger partial charge in [0.15, 0.2) is 0 Å². The summed E-state index contributed by atoms with van der Waals surface area (Å²) in [6.07, 6.45) is 0. The Morgan fingerprint density at radius 1 is 0.893 bits per heavy atom. The van der Waals surface area contributed by atoms with Gasteiger partial charge < -0.3 is 4.74 Å². The van der Waals surface area contributed by atoms with E-state index in [2.05, 4.69) is 9.46 Å². The zero-order valence-electron chi connectivity index (χ0n) is 15.4. The van der Waals surface area contributed by atoms with Gasteiger partial charge in [-0.15, -0.1) is 0 Å². The lowest BCUT2D eigenvalue weighted by Gasteiger charge is -2.19. The van der Waals surface area contributed by atoms with Gasteiger partial charge in [-0.3, -0.25) is 0 Å². The van der Waals surface area contributed by atoms with Crippen LogP contribution in [0.25, 0.3) is 0 Å². The number of benzene rings is 3. The van der Waals surface area contributed by atoms with Crippen molar-refractivity contribution in [3.8, 4) is 0 Å². The van der Waals surface area contributed by atoms with E-state index in [9.17, 15) is 13.2 Å². The first-order chi connectivity index (χ1) is 13.5. The summed E-state index contributed by atoms with van der Waals surface area (Å²) in [5.74, 6) is -0.718. The Bertz CT molecular complexity index is 995. The molecular weight excluding hydrogens is 374 g/mol. The maximum Gasteiger partial charge on any atom is 0.337 e. The van der Waals surface area contributed by atoms with E-state index in [4.69, 9.17) is 0 Å². The predicted octanol–water partition coefficient (Wildman–Crippen LogP) is 3.58. The number of carbonyl (C=O) groups is 1. The Kier molecular flexibility index (Phi) is 6.23. The average Bonchev–Trinajstić information content (AvgIpc) is 2.75. The zero-order valence-corrected chi connectivity index (χ0v) is 16.2. The molecule has 0 aliphatic rings. The number of methoxy groups -OCH3 is 1. The Morgan fingerprint density at radius 2 is 1.46 bits per heavy atom. The van der Waals surface area contributed by atoms with Gasteiger partial charge in [0.25, 0.3) is 0 Å². The molecule has 0 aromatic heterocycles. The summed E-state index contributed by atoms with van der Waals surface area (Å²) in [5, 5.41) is 0. The molecule has 0 unspecified atom stereocenters. The number of rotatable bonds is 7. The number of ether oxygens (including phenoxy) is 1. The molecule has 0 saturated heterocycles. The van der Waals surface area contributed by atoms with Crippen molar-refractivity contribution in [3.05, 3.63) is 102 Å². The Labute approximate surface area is 165 Å². The topological polar surface area (TPSA) is 72.5 Å². The van der Waals surface area contributed by atoms with Crippen molar-refractivity contribution < 1.29 is 17.9 Å². The van der Waals surface area contributed by atoms with Crippen molar-refractivity contribution in [2.24, 2.45) is 0 Å². The maximum absolute atomic E-state index is 12.8. The Morgan fingerprint density at radius 3 is 2.00 bits per heavy atom. The molecule has 28 heavy (non-hydrogen) atoms. The summed E-state index contributed by atoms with van der Waals surface area (Å²) in [7, 11) is -2.54. The lowest BCUT2D eigenvalue weighted by atomic mass is 9.92. The molecule has 0 heterocycles. The smallest absolute Gasteiger partial charge is 0.337 e. The fourth-order valence-corrected chi connectivity index (χ4v) is 4.08. The van der Waals surface area contributed by atoms with Crippen molar-refractivity contribution in [1.82, 2.24) is 4.72 Å². The highest BCUT2D eigenvalue weighted by Gasteiger charge is 2.20. The molecule has 1 N–H and O–H groups in total. The van der Waals surface area contributed by atoms with E-state index in [0.29, 0.717) is 0 Å². The summed E-state index contributed by atoms with van der Waals surface area (Å²) in [4.78, 5) is 11.7. The van der Waals surface area contributed by atoms with Gasteiger partial charge in [-0.1, -0.05) is 66.7 Å². The molecule has 0 spiro atoms. The van der Waals surface area contributed by atoms with Crippen molar-refractivity contribution in [1.29, 1.82) is 0 Å². The second kappa shape index (κ2) is 8.82. The molecule has 0 saturated carbocycles. The van der Waals surface area contributed by atoms with Gasteiger partial charge in [0, 0.05) is 12.5 Å².